The molecule has 0 aromatic carbocycles. The number of rotatable bonds is 3. The Balaban J connectivity index is 4.23. The van der Waals surface area contributed by atoms with Crippen molar-refractivity contribution in [2.75, 3.05) is 6.54 Å². The maximum absolute atomic E-state index is 5.66. The summed E-state index contributed by atoms with van der Waals surface area (Å²) in [5, 5.41) is 0. The molecule has 2 unspecified atom stereocenters. The SMILES string of the molecule is [CH2]C(CN)(C(C)N)C(C)N. The molecule has 0 amide bonds. The third-order valence-electron chi connectivity index (χ3n) is 2.19. The number of hydrogen-bond donors (Lipinski definition) is 3. The molecule has 3 heteroatoms. The molecule has 3 nitrogen and oxygen atoms in total. The number of hydrogen-bond acceptors (Lipinski definition) is 3. The minimum atomic E-state index is -0.375. The van der Waals surface area contributed by atoms with Gasteiger partial charge in [-0.1, -0.05) is 0 Å². The normalized spacial score (nSPS) is 23.4. The van der Waals surface area contributed by atoms with Gasteiger partial charge < -0.3 is 17.2 Å². The van der Waals surface area contributed by atoms with Crippen molar-refractivity contribution in [3.8, 4) is 0 Å². The molecule has 61 valence electrons. The zero-order chi connectivity index (χ0) is 8.36. The topological polar surface area (TPSA) is 78.1 Å². The van der Waals surface area contributed by atoms with Crippen LogP contribution < -0.4 is 17.2 Å². The molecule has 0 aliphatic carbocycles. The van der Waals surface area contributed by atoms with E-state index in [4.69, 9.17) is 17.2 Å². The average Bonchev–Trinajstić information content (AvgIpc) is 1.85. The van der Waals surface area contributed by atoms with Gasteiger partial charge in [0.05, 0.1) is 0 Å². The minimum absolute atomic E-state index is 0.0579. The van der Waals surface area contributed by atoms with Gasteiger partial charge in [-0.3, -0.25) is 0 Å². The molecular weight excluding hydrogens is 126 g/mol. The molecule has 0 bridgehead atoms. The van der Waals surface area contributed by atoms with Crippen LogP contribution in [0, 0.1) is 12.3 Å². The van der Waals surface area contributed by atoms with Crippen molar-refractivity contribution in [1.82, 2.24) is 0 Å². The van der Waals surface area contributed by atoms with E-state index in [1.807, 2.05) is 13.8 Å². The van der Waals surface area contributed by atoms with Crippen molar-refractivity contribution in [3.63, 3.8) is 0 Å². The summed E-state index contributed by atoms with van der Waals surface area (Å²) < 4.78 is 0. The first-order chi connectivity index (χ1) is 4.45. The third kappa shape index (κ3) is 1.68. The van der Waals surface area contributed by atoms with E-state index in [2.05, 4.69) is 6.92 Å². The molecule has 0 fully saturated rings. The molecule has 0 aliphatic rings. The van der Waals surface area contributed by atoms with Crippen LogP contribution in [0.25, 0.3) is 0 Å². The molecule has 6 N–H and O–H groups in total. The van der Waals surface area contributed by atoms with E-state index in [0.29, 0.717) is 6.54 Å². The molecule has 0 aromatic heterocycles. The predicted molar refractivity (Wildman–Crippen MR) is 44.1 cm³/mol. The molecule has 10 heavy (non-hydrogen) atoms. The summed E-state index contributed by atoms with van der Waals surface area (Å²) in [4.78, 5) is 0. The predicted octanol–water partition coefficient (Wildman–Crippen LogP) is -0.540. The molecule has 0 saturated heterocycles. The lowest BCUT2D eigenvalue weighted by Crippen LogP contribution is -2.53. The van der Waals surface area contributed by atoms with E-state index in [-0.39, 0.29) is 17.5 Å². The molecule has 0 heterocycles. The molecular formula is C7H18N3. The highest BCUT2D eigenvalue weighted by Gasteiger charge is 2.31. The quantitative estimate of drug-likeness (QED) is 0.498. The molecule has 1 radical (unpaired) electrons. The van der Waals surface area contributed by atoms with E-state index in [1.165, 1.54) is 0 Å². The fraction of sp³-hybridized carbons (Fsp3) is 0.857. The monoisotopic (exact) mass is 144 g/mol. The van der Waals surface area contributed by atoms with Crippen LogP contribution in [0.5, 0.6) is 0 Å². The Kier molecular flexibility index (Phi) is 3.28. The van der Waals surface area contributed by atoms with E-state index >= 15 is 0 Å². The standard InChI is InChI=1S/C7H18N3/c1-5(9)7(3,4-8)6(2)10/h5-6H,3-4,8-10H2,1-2H3. The second-order valence-electron chi connectivity index (χ2n) is 3.01. The van der Waals surface area contributed by atoms with E-state index in [9.17, 15) is 0 Å². The van der Waals surface area contributed by atoms with Crippen molar-refractivity contribution < 1.29 is 0 Å². The van der Waals surface area contributed by atoms with Crippen LogP contribution in [0.1, 0.15) is 13.8 Å². The lowest BCUT2D eigenvalue weighted by Gasteiger charge is -2.35. The molecule has 2 atom stereocenters. The van der Waals surface area contributed by atoms with Gasteiger partial charge in [0.2, 0.25) is 0 Å². The summed E-state index contributed by atoms with van der Waals surface area (Å²) in [7, 11) is 0. The van der Waals surface area contributed by atoms with Crippen LogP contribution in [0.3, 0.4) is 0 Å². The maximum Gasteiger partial charge on any atom is 0.0123 e. The van der Waals surface area contributed by atoms with Gasteiger partial charge in [-0.05, 0) is 20.8 Å². The Morgan fingerprint density at radius 1 is 1.30 bits per heavy atom. The summed E-state index contributed by atoms with van der Waals surface area (Å²) in [6, 6.07) is -0.116. The first-order valence-corrected chi connectivity index (χ1v) is 3.51. The second kappa shape index (κ2) is 3.32. The Bertz CT molecular complexity index is 91.0. The van der Waals surface area contributed by atoms with Gasteiger partial charge in [0.1, 0.15) is 0 Å². The Morgan fingerprint density at radius 2 is 1.60 bits per heavy atom. The summed E-state index contributed by atoms with van der Waals surface area (Å²) in [5.74, 6) is 0. The number of nitrogens with two attached hydrogens (primary N) is 3. The highest BCUT2D eigenvalue weighted by atomic mass is 14.8. The molecule has 0 spiro atoms. The summed E-state index contributed by atoms with van der Waals surface area (Å²) in [6.07, 6.45) is 0. The second-order valence-corrected chi connectivity index (χ2v) is 3.01. The lowest BCUT2D eigenvalue weighted by atomic mass is 9.78. The van der Waals surface area contributed by atoms with Crippen LogP contribution in [-0.4, -0.2) is 18.6 Å². The van der Waals surface area contributed by atoms with Crippen molar-refractivity contribution in [2.45, 2.75) is 25.9 Å². The summed E-state index contributed by atoms with van der Waals surface area (Å²) in [6.45, 7) is 8.10. The average molecular weight is 144 g/mol. The fourth-order valence-electron chi connectivity index (χ4n) is 0.786. The van der Waals surface area contributed by atoms with Crippen molar-refractivity contribution in [1.29, 1.82) is 0 Å². The van der Waals surface area contributed by atoms with E-state index in [1.54, 1.807) is 0 Å². The highest BCUT2D eigenvalue weighted by Crippen LogP contribution is 2.20. The van der Waals surface area contributed by atoms with Gasteiger partial charge in [0, 0.05) is 24.0 Å². The van der Waals surface area contributed by atoms with E-state index in [0.717, 1.165) is 0 Å². The van der Waals surface area contributed by atoms with Gasteiger partial charge in [-0.25, -0.2) is 0 Å². The maximum atomic E-state index is 5.66. The Morgan fingerprint density at radius 3 is 1.60 bits per heavy atom. The highest BCUT2D eigenvalue weighted by molar-refractivity contribution is 4.96. The lowest BCUT2D eigenvalue weighted by molar-refractivity contribution is 0.271. The molecule has 0 aromatic rings. The van der Waals surface area contributed by atoms with Gasteiger partial charge in [0.25, 0.3) is 0 Å². The van der Waals surface area contributed by atoms with Crippen molar-refractivity contribution >= 4 is 0 Å². The van der Waals surface area contributed by atoms with Crippen molar-refractivity contribution in [2.24, 2.45) is 22.6 Å². The summed E-state index contributed by atoms with van der Waals surface area (Å²) in [5.41, 5.74) is 16.4. The third-order valence-corrected chi connectivity index (χ3v) is 2.19. The van der Waals surface area contributed by atoms with Crippen LogP contribution in [0.15, 0.2) is 0 Å². The van der Waals surface area contributed by atoms with Crippen LogP contribution in [0.2, 0.25) is 0 Å². The Hall–Kier alpha value is -0.120. The fourth-order valence-corrected chi connectivity index (χ4v) is 0.786. The van der Waals surface area contributed by atoms with Gasteiger partial charge >= 0.3 is 0 Å². The zero-order valence-electron chi connectivity index (χ0n) is 6.80. The smallest absolute Gasteiger partial charge is 0.0123 e. The minimum Gasteiger partial charge on any atom is -0.330 e. The molecule has 0 aliphatic heterocycles. The first-order valence-electron chi connectivity index (χ1n) is 3.51. The van der Waals surface area contributed by atoms with Gasteiger partial charge in [0.15, 0.2) is 0 Å². The Labute approximate surface area is 62.9 Å². The summed E-state index contributed by atoms with van der Waals surface area (Å²) >= 11 is 0. The zero-order valence-corrected chi connectivity index (χ0v) is 6.80. The largest absolute Gasteiger partial charge is 0.330 e. The van der Waals surface area contributed by atoms with Gasteiger partial charge in [-0.2, -0.15) is 0 Å². The first kappa shape index (κ1) is 9.88. The van der Waals surface area contributed by atoms with Gasteiger partial charge in [-0.15, -0.1) is 0 Å². The molecule has 0 saturated carbocycles. The molecule has 0 rings (SSSR count). The van der Waals surface area contributed by atoms with Crippen LogP contribution in [-0.2, 0) is 0 Å². The van der Waals surface area contributed by atoms with E-state index < -0.39 is 0 Å². The van der Waals surface area contributed by atoms with Crippen molar-refractivity contribution in [3.05, 3.63) is 6.92 Å². The van der Waals surface area contributed by atoms with Crippen LogP contribution in [0.4, 0.5) is 0 Å². The van der Waals surface area contributed by atoms with Crippen LogP contribution >= 0.6 is 0 Å².